The Morgan fingerprint density at radius 1 is 1.50 bits per heavy atom. The number of halogens is 1. The normalized spacial score (nSPS) is 18.8. The Kier molecular flexibility index (Phi) is 2.96. The predicted octanol–water partition coefficient (Wildman–Crippen LogP) is 1.00. The minimum atomic E-state index is -3.44. The van der Waals surface area contributed by atoms with Gasteiger partial charge < -0.3 is 4.74 Å². The number of rotatable bonds is 2. The number of hydrogen-bond donors (Lipinski definition) is 1. The van der Waals surface area contributed by atoms with Crippen LogP contribution in [-0.2, 0) is 10.2 Å². The van der Waals surface area contributed by atoms with Gasteiger partial charge in [-0.05, 0) is 18.2 Å². The van der Waals surface area contributed by atoms with Crippen molar-refractivity contribution in [3.8, 4) is 5.75 Å². The maximum Gasteiger partial charge on any atom is 0.301 e. The smallest absolute Gasteiger partial charge is 0.301 e. The molecule has 7 heteroatoms. The molecule has 5 nitrogen and oxygen atoms in total. The lowest BCUT2D eigenvalue weighted by molar-refractivity contribution is 0.415. The predicted molar refractivity (Wildman–Crippen MR) is 62.3 cm³/mol. The molecule has 0 bridgehead atoms. The zero-order valence-corrected chi connectivity index (χ0v) is 10.2. The molecule has 0 amide bonds. The Bertz CT molecular complexity index is 503. The van der Waals surface area contributed by atoms with Gasteiger partial charge in [-0.1, -0.05) is 11.6 Å². The average Bonchev–Trinajstić information content (AvgIpc) is 2.58. The Hall–Kier alpha value is -0.980. The van der Waals surface area contributed by atoms with Gasteiger partial charge in [0, 0.05) is 18.1 Å². The summed E-state index contributed by atoms with van der Waals surface area (Å²) in [5.41, 5.74) is 0.458. The highest BCUT2D eigenvalue weighted by molar-refractivity contribution is 7.91. The zero-order chi connectivity index (χ0) is 11.8. The summed E-state index contributed by atoms with van der Waals surface area (Å²) in [5.74, 6) is 0.483. The highest BCUT2D eigenvalue weighted by atomic mass is 35.5. The maximum absolute atomic E-state index is 11.7. The molecule has 0 atom stereocenters. The minimum Gasteiger partial charge on any atom is -0.495 e. The molecule has 0 aromatic heterocycles. The molecule has 16 heavy (non-hydrogen) atoms. The van der Waals surface area contributed by atoms with Gasteiger partial charge in [0.15, 0.2) is 0 Å². The van der Waals surface area contributed by atoms with Gasteiger partial charge in [0.25, 0.3) is 0 Å². The van der Waals surface area contributed by atoms with E-state index in [2.05, 4.69) is 4.72 Å². The van der Waals surface area contributed by atoms with Crippen molar-refractivity contribution in [2.24, 2.45) is 0 Å². The van der Waals surface area contributed by atoms with Crippen LogP contribution < -0.4 is 13.8 Å². The number of hydrogen-bond acceptors (Lipinski definition) is 3. The van der Waals surface area contributed by atoms with E-state index in [1.165, 1.54) is 11.4 Å². The molecule has 1 fully saturated rings. The summed E-state index contributed by atoms with van der Waals surface area (Å²) in [6, 6.07) is 4.87. The summed E-state index contributed by atoms with van der Waals surface area (Å²) in [7, 11) is -1.96. The molecule has 0 saturated carbocycles. The average molecular weight is 263 g/mol. The van der Waals surface area contributed by atoms with E-state index in [1.54, 1.807) is 18.2 Å². The first-order valence-corrected chi connectivity index (χ1v) is 6.47. The van der Waals surface area contributed by atoms with Crippen molar-refractivity contribution in [1.82, 2.24) is 4.72 Å². The molecular formula is C9H11ClN2O3S. The van der Waals surface area contributed by atoms with E-state index >= 15 is 0 Å². The van der Waals surface area contributed by atoms with Crippen molar-refractivity contribution in [3.05, 3.63) is 23.2 Å². The molecule has 1 N–H and O–H groups in total. The molecular weight excluding hydrogens is 252 g/mol. The number of nitrogens with zero attached hydrogens (tertiary/aromatic N) is 1. The van der Waals surface area contributed by atoms with E-state index in [4.69, 9.17) is 16.3 Å². The molecule has 0 spiro atoms. The molecule has 1 aromatic carbocycles. The number of methoxy groups -OCH3 is 1. The van der Waals surface area contributed by atoms with Gasteiger partial charge in [0.2, 0.25) is 0 Å². The summed E-state index contributed by atoms with van der Waals surface area (Å²) >= 11 is 5.85. The minimum absolute atomic E-state index is 0.374. The number of nitrogens with one attached hydrogen (secondary N) is 1. The van der Waals surface area contributed by atoms with Gasteiger partial charge in [-0.25, -0.2) is 0 Å². The standard InChI is InChI=1S/C9H11ClN2O3S/c1-15-9-3-2-7(10)6-8(9)12-5-4-11-16(12,13)14/h2-3,6,11H,4-5H2,1H3. The Morgan fingerprint density at radius 2 is 2.25 bits per heavy atom. The van der Waals surface area contributed by atoms with Gasteiger partial charge in [-0.3, -0.25) is 4.31 Å². The summed E-state index contributed by atoms with van der Waals surface area (Å²) in [6.07, 6.45) is 0. The summed E-state index contributed by atoms with van der Waals surface area (Å²) in [5, 5.41) is 0.470. The quantitative estimate of drug-likeness (QED) is 0.865. The van der Waals surface area contributed by atoms with Crippen molar-refractivity contribution >= 4 is 27.5 Å². The lowest BCUT2D eigenvalue weighted by atomic mass is 10.3. The Morgan fingerprint density at radius 3 is 2.81 bits per heavy atom. The van der Waals surface area contributed by atoms with E-state index in [-0.39, 0.29) is 0 Å². The molecule has 1 saturated heterocycles. The molecule has 1 aliphatic rings. The van der Waals surface area contributed by atoms with Crippen molar-refractivity contribution in [3.63, 3.8) is 0 Å². The highest BCUT2D eigenvalue weighted by Crippen LogP contribution is 2.33. The van der Waals surface area contributed by atoms with Crippen molar-refractivity contribution in [2.75, 3.05) is 24.5 Å². The van der Waals surface area contributed by atoms with Gasteiger partial charge in [-0.2, -0.15) is 13.1 Å². The van der Waals surface area contributed by atoms with E-state index in [0.29, 0.717) is 29.5 Å². The van der Waals surface area contributed by atoms with Crippen molar-refractivity contribution < 1.29 is 13.2 Å². The van der Waals surface area contributed by atoms with Crippen LogP contribution in [-0.4, -0.2) is 28.6 Å². The van der Waals surface area contributed by atoms with E-state index in [1.807, 2.05) is 0 Å². The Labute approximate surface area is 99.1 Å². The Balaban J connectivity index is 2.50. The molecule has 0 aliphatic carbocycles. The monoisotopic (exact) mass is 262 g/mol. The van der Waals surface area contributed by atoms with Crippen LogP contribution in [0.3, 0.4) is 0 Å². The van der Waals surface area contributed by atoms with E-state index in [0.717, 1.165) is 0 Å². The lowest BCUT2D eigenvalue weighted by Crippen LogP contribution is -2.29. The first-order chi connectivity index (χ1) is 7.54. The van der Waals surface area contributed by atoms with Crippen LogP contribution in [0.1, 0.15) is 0 Å². The number of anilines is 1. The molecule has 88 valence electrons. The SMILES string of the molecule is COc1ccc(Cl)cc1N1CCNS1(=O)=O. The fourth-order valence-corrected chi connectivity index (χ4v) is 2.99. The molecule has 0 radical (unpaired) electrons. The van der Waals surface area contributed by atoms with Gasteiger partial charge in [0.05, 0.1) is 12.8 Å². The molecule has 0 unspecified atom stereocenters. The second kappa shape index (κ2) is 4.12. The first-order valence-electron chi connectivity index (χ1n) is 4.65. The number of ether oxygens (including phenoxy) is 1. The highest BCUT2D eigenvalue weighted by Gasteiger charge is 2.30. The van der Waals surface area contributed by atoms with Crippen LogP contribution in [0.15, 0.2) is 18.2 Å². The summed E-state index contributed by atoms with van der Waals surface area (Å²) < 4.78 is 32.1. The topological polar surface area (TPSA) is 58.6 Å². The fourth-order valence-electron chi connectivity index (χ4n) is 1.58. The molecule has 2 rings (SSSR count). The van der Waals surface area contributed by atoms with Crippen LogP contribution in [0, 0.1) is 0 Å². The van der Waals surface area contributed by atoms with Gasteiger partial charge in [0.1, 0.15) is 5.75 Å². The number of benzene rings is 1. The third kappa shape index (κ3) is 1.95. The van der Waals surface area contributed by atoms with Gasteiger partial charge >= 0.3 is 10.2 Å². The molecule has 1 aromatic rings. The third-order valence-corrected chi connectivity index (χ3v) is 4.06. The first kappa shape index (κ1) is 11.5. The van der Waals surface area contributed by atoms with Gasteiger partial charge in [-0.15, -0.1) is 0 Å². The zero-order valence-electron chi connectivity index (χ0n) is 8.60. The third-order valence-electron chi connectivity index (χ3n) is 2.30. The van der Waals surface area contributed by atoms with Crippen molar-refractivity contribution in [2.45, 2.75) is 0 Å². The van der Waals surface area contributed by atoms with Crippen LogP contribution >= 0.6 is 11.6 Å². The van der Waals surface area contributed by atoms with Crippen LogP contribution in [0.25, 0.3) is 0 Å². The molecule has 1 heterocycles. The second-order valence-electron chi connectivity index (χ2n) is 3.29. The largest absolute Gasteiger partial charge is 0.495 e. The van der Waals surface area contributed by atoms with Crippen LogP contribution in [0.2, 0.25) is 5.02 Å². The maximum atomic E-state index is 11.7. The summed E-state index contributed by atoms with van der Waals surface area (Å²) in [4.78, 5) is 0. The van der Waals surface area contributed by atoms with Crippen LogP contribution in [0.4, 0.5) is 5.69 Å². The summed E-state index contributed by atoms with van der Waals surface area (Å²) in [6.45, 7) is 0.761. The van der Waals surface area contributed by atoms with E-state index < -0.39 is 10.2 Å². The van der Waals surface area contributed by atoms with Crippen LogP contribution in [0.5, 0.6) is 5.75 Å². The fraction of sp³-hybridized carbons (Fsp3) is 0.333. The van der Waals surface area contributed by atoms with Crippen molar-refractivity contribution in [1.29, 1.82) is 0 Å². The van der Waals surface area contributed by atoms with E-state index in [9.17, 15) is 8.42 Å². The molecule has 1 aliphatic heterocycles. The lowest BCUT2D eigenvalue weighted by Gasteiger charge is -2.18. The second-order valence-corrected chi connectivity index (χ2v) is 5.40.